The van der Waals surface area contributed by atoms with Gasteiger partial charge in [-0.05, 0) is 30.2 Å². The lowest BCUT2D eigenvalue weighted by molar-refractivity contribution is -0.101. The molecular formula is C14H24N2O. The molecule has 3 heteroatoms. The Balaban J connectivity index is 2.42. The van der Waals surface area contributed by atoms with Gasteiger partial charge in [0.1, 0.15) is 5.60 Å². The van der Waals surface area contributed by atoms with Crippen molar-refractivity contribution in [1.29, 1.82) is 0 Å². The molecule has 0 aliphatic heterocycles. The molecule has 1 N–H and O–H groups in total. The van der Waals surface area contributed by atoms with Gasteiger partial charge in [-0.1, -0.05) is 33.6 Å². The normalized spacial score (nSPS) is 30.5. The number of nitrogens with zero attached hydrogens (tertiary/aromatic N) is 2. The highest BCUT2D eigenvalue weighted by Gasteiger charge is 2.47. The maximum Gasteiger partial charge on any atom is 0.109 e. The summed E-state index contributed by atoms with van der Waals surface area (Å²) in [6.07, 6.45) is 6.07. The van der Waals surface area contributed by atoms with E-state index in [4.69, 9.17) is 0 Å². The Morgan fingerprint density at radius 1 is 1.41 bits per heavy atom. The second kappa shape index (κ2) is 4.13. The molecule has 1 fully saturated rings. The monoisotopic (exact) mass is 236 g/mol. The third kappa shape index (κ3) is 2.13. The first-order valence-electron chi connectivity index (χ1n) is 6.56. The van der Waals surface area contributed by atoms with Crippen LogP contribution in [0.3, 0.4) is 0 Å². The average molecular weight is 236 g/mol. The van der Waals surface area contributed by atoms with E-state index in [-0.39, 0.29) is 5.41 Å². The van der Waals surface area contributed by atoms with Crippen molar-refractivity contribution < 1.29 is 5.11 Å². The van der Waals surface area contributed by atoms with Gasteiger partial charge in [0.25, 0.3) is 0 Å². The number of hydrogen-bond donors (Lipinski definition) is 1. The summed E-state index contributed by atoms with van der Waals surface area (Å²) in [5.74, 6) is 0.305. The van der Waals surface area contributed by atoms with Crippen molar-refractivity contribution in [3.63, 3.8) is 0 Å². The third-order valence-corrected chi connectivity index (χ3v) is 4.19. The Morgan fingerprint density at radius 3 is 2.65 bits per heavy atom. The molecule has 1 aliphatic carbocycles. The van der Waals surface area contributed by atoms with E-state index in [1.54, 1.807) is 6.20 Å². The van der Waals surface area contributed by atoms with E-state index in [0.29, 0.717) is 5.92 Å². The van der Waals surface area contributed by atoms with Crippen LogP contribution in [0.1, 0.15) is 52.1 Å². The van der Waals surface area contributed by atoms with Crippen LogP contribution in [0.15, 0.2) is 12.3 Å². The lowest BCUT2D eigenvalue weighted by Crippen LogP contribution is -2.45. The van der Waals surface area contributed by atoms with Crippen LogP contribution in [0.25, 0.3) is 0 Å². The first kappa shape index (κ1) is 12.6. The summed E-state index contributed by atoms with van der Waals surface area (Å²) in [5.41, 5.74) is 0.387. The maximum absolute atomic E-state index is 11.1. The van der Waals surface area contributed by atoms with Gasteiger partial charge >= 0.3 is 0 Å². The van der Waals surface area contributed by atoms with Gasteiger partial charge in [-0.15, -0.1) is 0 Å². The molecular weight excluding hydrogens is 212 g/mol. The van der Waals surface area contributed by atoms with Gasteiger partial charge < -0.3 is 5.11 Å². The molecule has 0 spiro atoms. The average Bonchev–Trinajstić information content (AvgIpc) is 2.64. The summed E-state index contributed by atoms with van der Waals surface area (Å²) in [5, 5.41) is 15.4. The minimum atomic E-state index is -0.707. The van der Waals surface area contributed by atoms with E-state index in [1.165, 1.54) is 6.42 Å². The zero-order valence-corrected chi connectivity index (χ0v) is 11.4. The predicted molar refractivity (Wildman–Crippen MR) is 68.5 cm³/mol. The van der Waals surface area contributed by atoms with Gasteiger partial charge in [0.2, 0.25) is 0 Å². The molecule has 1 aromatic heterocycles. The first-order valence-corrected chi connectivity index (χ1v) is 6.56. The fourth-order valence-corrected chi connectivity index (χ4v) is 3.41. The minimum Gasteiger partial charge on any atom is -0.383 e. The van der Waals surface area contributed by atoms with Crippen LogP contribution >= 0.6 is 0 Å². The molecule has 2 rings (SSSR count). The standard InChI is InChI=1S/C14H24N2O/c1-13(2,3)11-7-5-6-9-14(11,17)12-8-10-15-16(12)4/h8,10-11,17H,5-7,9H2,1-4H3. The number of aliphatic hydroxyl groups is 1. The quantitative estimate of drug-likeness (QED) is 0.814. The number of aryl methyl sites for hydroxylation is 1. The van der Waals surface area contributed by atoms with E-state index in [0.717, 1.165) is 25.0 Å². The van der Waals surface area contributed by atoms with Gasteiger partial charge in [0, 0.05) is 13.2 Å². The predicted octanol–water partition coefficient (Wildman–Crippen LogP) is 2.84. The summed E-state index contributed by atoms with van der Waals surface area (Å²) in [6.45, 7) is 6.68. The molecule has 1 saturated carbocycles. The van der Waals surface area contributed by atoms with E-state index in [9.17, 15) is 5.11 Å². The lowest BCUT2D eigenvalue weighted by atomic mass is 9.62. The van der Waals surface area contributed by atoms with Crippen molar-refractivity contribution >= 4 is 0 Å². The second-order valence-corrected chi connectivity index (χ2v) is 6.43. The van der Waals surface area contributed by atoms with Gasteiger partial charge in [0.15, 0.2) is 0 Å². The highest BCUT2D eigenvalue weighted by molar-refractivity contribution is 5.16. The molecule has 0 aromatic carbocycles. The Hall–Kier alpha value is -0.830. The molecule has 2 atom stereocenters. The molecule has 96 valence electrons. The summed E-state index contributed by atoms with van der Waals surface area (Å²) < 4.78 is 1.82. The van der Waals surface area contributed by atoms with E-state index < -0.39 is 5.60 Å². The Labute approximate surface area is 104 Å². The van der Waals surface area contributed by atoms with Crippen LogP contribution in [0.4, 0.5) is 0 Å². The zero-order valence-electron chi connectivity index (χ0n) is 11.4. The molecule has 1 heterocycles. The minimum absolute atomic E-state index is 0.124. The van der Waals surface area contributed by atoms with Gasteiger partial charge in [-0.25, -0.2) is 0 Å². The van der Waals surface area contributed by atoms with Gasteiger partial charge in [0.05, 0.1) is 5.69 Å². The van der Waals surface area contributed by atoms with E-state index in [2.05, 4.69) is 25.9 Å². The van der Waals surface area contributed by atoms with Crippen LogP contribution in [0, 0.1) is 11.3 Å². The largest absolute Gasteiger partial charge is 0.383 e. The van der Waals surface area contributed by atoms with Gasteiger partial charge in [-0.2, -0.15) is 5.10 Å². The maximum atomic E-state index is 11.1. The number of rotatable bonds is 1. The van der Waals surface area contributed by atoms with Crippen LogP contribution in [0.5, 0.6) is 0 Å². The van der Waals surface area contributed by atoms with Crippen molar-refractivity contribution in [2.75, 3.05) is 0 Å². The molecule has 17 heavy (non-hydrogen) atoms. The molecule has 0 radical (unpaired) electrons. The molecule has 1 aromatic rings. The van der Waals surface area contributed by atoms with Crippen LogP contribution in [0.2, 0.25) is 0 Å². The van der Waals surface area contributed by atoms with Crippen LogP contribution < -0.4 is 0 Å². The summed E-state index contributed by atoms with van der Waals surface area (Å²) in [6, 6.07) is 1.96. The van der Waals surface area contributed by atoms with Crippen molar-refractivity contribution in [3.05, 3.63) is 18.0 Å². The fourth-order valence-electron chi connectivity index (χ4n) is 3.41. The molecule has 0 saturated heterocycles. The number of hydrogen-bond acceptors (Lipinski definition) is 2. The Kier molecular flexibility index (Phi) is 3.06. The third-order valence-electron chi connectivity index (χ3n) is 4.19. The second-order valence-electron chi connectivity index (χ2n) is 6.43. The van der Waals surface area contributed by atoms with Crippen molar-refractivity contribution in [2.24, 2.45) is 18.4 Å². The van der Waals surface area contributed by atoms with Crippen molar-refractivity contribution in [2.45, 2.75) is 52.1 Å². The van der Waals surface area contributed by atoms with Crippen molar-refractivity contribution in [3.8, 4) is 0 Å². The Morgan fingerprint density at radius 2 is 2.12 bits per heavy atom. The van der Waals surface area contributed by atoms with Crippen LogP contribution in [-0.2, 0) is 12.6 Å². The Bertz CT molecular complexity index is 391. The summed E-state index contributed by atoms with van der Waals surface area (Å²) in [7, 11) is 1.92. The first-order chi connectivity index (χ1) is 7.86. The topological polar surface area (TPSA) is 38.0 Å². The smallest absolute Gasteiger partial charge is 0.109 e. The zero-order chi connectivity index (χ0) is 12.7. The van der Waals surface area contributed by atoms with E-state index in [1.807, 2.05) is 17.8 Å². The highest BCUT2D eigenvalue weighted by Crippen LogP contribution is 2.49. The molecule has 0 bridgehead atoms. The lowest BCUT2D eigenvalue weighted by Gasteiger charge is -2.46. The molecule has 1 aliphatic rings. The summed E-state index contributed by atoms with van der Waals surface area (Å²) >= 11 is 0. The van der Waals surface area contributed by atoms with Crippen LogP contribution in [-0.4, -0.2) is 14.9 Å². The van der Waals surface area contributed by atoms with Gasteiger partial charge in [-0.3, -0.25) is 4.68 Å². The van der Waals surface area contributed by atoms with E-state index >= 15 is 0 Å². The fraction of sp³-hybridized carbons (Fsp3) is 0.786. The SMILES string of the molecule is Cn1nccc1C1(O)CCCCC1C(C)(C)C. The summed E-state index contributed by atoms with van der Waals surface area (Å²) in [4.78, 5) is 0. The van der Waals surface area contributed by atoms with Crippen molar-refractivity contribution in [1.82, 2.24) is 9.78 Å². The number of aromatic nitrogens is 2. The highest BCUT2D eigenvalue weighted by atomic mass is 16.3. The molecule has 3 nitrogen and oxygen atoms in total. The molecule has 2 unspecified atom stereocenters. The molecule has 0 amide bonds.